The summed E-state index contributed by atoms with van der Waals surface area (Å²) < 4.78 is 4.71. The highest BCUT2D eigenvalue weighted by atomic mass is 16.6. The van der Waals surface area contributed by atoms with Crippen molar-refractivity contribution in [1.82, 2.24) is 0 Å². The number of azo groups is 1. The molecule has 0 spiro atoms. The van der Waals surface area contributed by atoms with Gasteiger partial charge in [-0.15, -0.1) is 5.11 Å². The summed E-state index contributed by atoms with van der Waals surface area (Å²) in [5.74, 6) is 0.472. The van der Waals surface area contributed by atoms with Gasteiger partial charge in [-0.3, -0.25) is 0 Å². The molecule has 0 aromatic carbocycles. The van der Waals surface area contributed by atoms with Crippen LogP contribution >= 0.6 is 0 Å². The molecule has 0 N–H and O–H groups in total. The zero-order chi connectivity index (χ0) is 6.27. The number of amides is 1. The molecule has 2 rings (SSSR count). The van der Waals surface area contributed by atoms with Gasteiger partial charge in [-0.25, -0.2) is 4.79 Å². The van der Waals surface area contributed by atoms with Crippen LogP contribution < -0.4 is 0 Å². The third kappa shape index (κ3) is 0.800. The fourth-order valence-electron chi connectivity index (χ4n) is 0.826. The highest BCUT2D eigenvalue weighted by Crippen LogP contribution is 2.36. The van der Waals surface area contributed by atoms with Crippen molar-refractivity contribution in [3.05, 3.63) is 0 Å². The molecule has 1 fully saturated rings. The first-order valence-corrected chi connectivity index (χ1v) is 2.98. The highest BCUT2D eigenvalue weighted by Gasteiger charge is 2.37. The Hall–Kier alpha value is -0.930. The van der Waals surface area contributed by atoms with Crippen molar-refractivity contribution >= 4 is 6.09 Å². The monoisotopic (exact) mass is 126 g/mol. The van der Waals surface area contributed by atoms with Crippen LogP contribution in [-0.2, 0) is 4.74 Å². The summed E-state index contributed by atoms with van der Waals surface area (Å²) in [5.41, 5.74) is 0. The average molecular weight is 126 g/mol. The van der Waals surface area contributed by atoms with Crippen LogP contribution in [0.4, 0.5) is 4.79 Å². The summed E-state index contributed by atoms with van der Waals surface area (Å²) in [4.78, 5) is 10.3. The largest absolute Gasteiger partial charge is 0.454 e. The van der Waals surface area contributed by atoms with Crippen LogP contribution in [-0.4, -0.2) is 12.3 Å². The zero-order valence-corrected chi connectivity index (χ0v) is 4.78. The second-order valence-electron chi connectivity index (χ2n) is 2.33. The predicted octanol–water partition coefficient (Wildman–Crippen LogP) is 1.32. The molecule has 4 nitrogen and oxygen atoms in total. The number of nitrogens with zero attached hydrogens (tertiary/aromatic N) is 2. The van der Waals surface area contributed by atoms with Gasteiger partial charge in [-0.2, -0.15) is 0 Å². The van der Waals surface area contributed by atoms with Crippen LogP contribution in [0.1, 0.15) is 12.8 Å². The molecule has 4 heteroatoms. The molecule has 2 aliphatic rings. The van der Waals surface area contributed by atoms with Crippen LogP contribution in [0.25, 0.3) is 0 Å². The van der Waals surface area contributed by atoms with Crippen LogP contribution in [0.5, 0.6) is 0 Å². The second-order valence-corrected chi connectivity index (χ2v) is 2.33. The van der Waals surface area contributed by atoms with E-state index >= 15 is 0 Å². The first-order chi connectivity index (χ1) is 4.36. The van der Waals surface area contributed by atoms with Crippen LogP contribution in [0.2, 0.25) is 0 Å². The summed E-state index contributed by atoms with van der Waals surface area (Å²) >= 11 is 0. The van der Waals surface area contributed by atoms with Crippen molar-refractivity contribution in [3.8, 4) is 0 Å². The maximum atomic E-state index is 10.3. The summed E-state index contributed by atoms with van der Waals surface area (Å²) in [6.45, 7) is 0. The van der Waals surface area contributed by atoms with E-state index in [0.29, 0.717) is 5.92 Å². The summed E-state index contributed by atoms with van der Waals surface area (Å²) in [6.07, 6.45) is 1.47. The Morgan fingerprint density at radius 1 is 1.56 bits per heavy atom. The Kier molecular flexibility index (Phi) is 0.831. The van der Waals surface area contributed by atoms with Crippen molar-refractivity contribution in [2.75, 3.05) is 0 Å². The van der Waals surface area contributed by atoms with Gasteiger partial charge in [-0.05, 0) is 12.8 Å². The van der Waals surface area contributed by atoms with Crippen molar-refractivity contribution in [2.45, 2.75) is 19.1 Å². The molecule has 48 valence electrons. The van der Waals surface area contributed by atoms with Crippen LogP contribution in [0.15, 0.2) is 10.2 Å². The molecule has 0 aromatic rings. The van der Waals surface area contributed by atoms with E-state index in [2.05, 4.69) is 10.2 Å². The molecule has 1 atom stereocenters. The Bertz CT molecular complexity index is 174. The lowest BCUT2D eigenvalue weighted by atomic mass is 10.4. The van der Waals surface area contributed by atoms with Gasteiger partial charge in [0.2, 0.25) is 6.23 Å². The molecule has 0 saturated heterocycles. The van der Waals surface area contributed by atoms with E-state index in [1.165, 1.54) is 0 Å². The molecule has 9 heavy (non-hydrogen) atoms. The van der Waals surface area contributed by atoms with Gasteiger partial charge in [0.1, 0.15) is 0 Å². The minimum absolute atomic E-state index is 0.238. The Morgan fingerprint density at radius 2 is 2.33 bits per heavy atom. The predicted molar refractivity (Wildman–Crippen MR) is 27.8 cm³/mol. The lowest BCUT2D eigenvalue weighted by Gasteiger charge is -1.99. The fourth-order valence-corrected chi connectivity index (χ4v) is 0.826. The van der Waals surface area contributed by atoms with Gasteiger partial charge in [0.15, 0.2) is 0 Å². The van der Waals surface area contributed by atoms with Gasteiger partial charge in [-0.1, -0.05) is 5.11 Å². The fraction of sp³-hybridized carbons (Fsp3) is 0.800. The molecule has 0 bridgehead atoms. The number of cyclic esters (lactones) is 1. The van der Waals surface area contributed by atoms with Gasteiger partial charge in [0.05, 0.1) is 0 Å². The molecule has 0 radical (unpaired) electrons. The number of rotatable bonds is 1. The van der Waals surface area contributed by atoms with Crippen molar-refractivity contribution in [2.24, 2.45) is 16.1 Å². The molecule has 1 amide bonds. The molecule has 1 saturated carbocycles. The van der Waals surface area contributed by atoms with Gasteiger partial charge in [0, 0.05) is 5.92 Å². The number of carbonyl (C=O) groups is 1. The normalized spacial score (nSPS) is 32.9. The Morgan fingerprint density at radius 3 is 2.78 bits per heavy atom. The number of hydrogen-bond acceptors (Lipinski definition) is 3. The van der Waals surface area contributed by atoms with Crippen molar-refractivity contribution in [1.29, 1.82) is 0 Å². The summed E-state index contributed by atoms with van der Waals surface area (Å²) in [7, 11) is 0. The van der Waals surface area contributed by atoms with Gasteiger partial charge < -0.3 is 4.74 Å². The number of hydrogen-bond donors (Lipinski definition) is 0. The average Bonchev–Trinajstić information content (AvgIpc) is 2.58. The SMILES string of the molecule is O=C1N=NC(C2CC2)O1. The molecule has 0 aromatic heterocycles. The maximum Gasteiger partial charge on any atom is 0.454 e. The first kappa shape index (κ1) is 4.90. The Balaban J connectivity index is 2.01. The minimum Gasteiger partial charge on any atom is -0.419 e. The maximum absolute atomic E-state index is 10.3. The van der Waals surface area contributed by atoms with E-state index in [4.69, 9.17) is 4.74 Å². The van der Waals surface area contributed by atoms with E-state index in [9.17, 15) is 4.79 Å². The molecule has 1 aliphatic carbocycles. The molecule has 1 unspecified atom stereocenters. The smallest absolute Gasteiger partial charge is 0.419 e. The van der Waals surface area contributed by atoms with E-state index in [1.54, 1.807) is 0 Å². The minimum atomic E-state index is -0.535. The van der Waals surface area contributed by atoms with Crippen molar-refractivity contribution in [3.63, 3.8) is 0 Å². The van der Waals surface area contributed by atoms with E-state index < -0.39 is 6.09 Å². The summed E-state index contributed by atoms with van der Waals surface area (Å²) in [5, 5.41) is 6.87. The van der Waals surface area contributed by atoms with Gasteiger partial charge >= 0.3 is 6.09 Å². The third-order valence-electron chi connectivity index (χ3n) is 1.50. The van der Waals surface area contributed by atoms with Crippen molar-refractivity contribution < 1.29 is 9.53 Å². The van der Waals surface area contributed by atoms with Gasteiger partial charge in [0.25, 0.3) is 0 Å². The third-order valence-corrected chi connectivity index (χ3v) is 1.50. The van der Waals surface area contributed by atoms with Crippen LogP contribution in [0, 0.1) is 5.92 Å². The van der Waals surface area contributed by atoms with E-state index in [1.807, 2.05) is 0 Å². The first-order valence-electron chi connectivity index (χ1n) is 2.98. The Labute approximate surface area is 51.9 Å². The van der Waals surface area contributed by atoms with Crippen LogP contribution in [0.3, 0.4) is 0 Å². The van der Waals surface area contributed by atoms with E-state index in [-0.39, 0.29) is 6.23 Å². The molecule has 1 heterocycles. The number of ether oxygens (including phenoxy) is 1. The highest BCUT2D eigenvalue weighted by molar-refractivity contribution is 5.68. The summed E-state index contributed by atoms with van der Waals surface area (Å²) in [6, 6.07) is 0. The number of carbonyl (C=O) groups excluding carboxylic acids is 1. The second kappa shape index (κ2) is 1.52. The lowest BCUT2D eigenvalue weighted by Crippen LogP contribution is -2.07. The lowest BCUT2D eigenvalue weighted by molar-refractivity contribution is 0.120. The quantitative estimate of drug-likeness (QED) is 0.532. The molecular formula is C5H6N2O2. The topological polar surface area (TPSA) is 51.0 Å². The zero-order valence-electron chi connectivity index (χ0n) is 4.78. The standard InChI is InChI=1S/C5H6N2O2/c8-5-7-6-4(9-5)3-1-2-3/h3-4H,1-2H2. The molecular weight excluding hydrogens is 120 g/mol. The van der Waals surface area contributed by atoms with E-state index in [0.717, 1.165) is 12.8 Å². The molecule has 1 aliphatic heterocycles.